The summed E-state index contributed by atoms with van der Waals surface area (Å²) >= 11 is 1.51. The van der Waals surface area contributed by atoms with Crippen molar-refractivity contribution in [1.29, 1.82) is 0 Å². The minimum atomic E-state index is 0. The largest absolute Gasteiger partial charge is 0.168 e. The standard InChI is InChI=1S/C9H7.C9H13.C2H4.2ClH.Zr/c1-2-5-9-7-3-6-8(9)4-1;1-6-5-7(2)9(4)8(6)3;1-2;;;/h1-7H;6H,1-4H3;1H,2H3;2*1H;/q2*-1;;;;+2. The minimum Gasteiger partial charge on any atom is -0.168 e. The molecule has 0 nitrogen and oxygen atoms in total. The van der Waals surface area contributed by atoms with Gasteiger partial charge >= 0.3 is 34.9 Å². The number of benzene rings is 1. The average Bonchev–Trinajstić information content (AvgIpc) is 3.02. The second-order valence-corrected chi connectivity index (χ2v) is 6.66. The molecule has 23 heavy (non-hydrogen) atoms. The van der Waals surface area contributed by atoms with Crippen LogP contribution in [0.15, 0.2) is 59.2 Å². The maximum absolute atomic E-state index is 3.36. The van der Waals surface area contributed by atoms with Crippen molar-refractivity contribution in [3.63, 3.8) is 0 Å². The maximum Gasteiger partial charge on any atom is -0.0809 e. The van der Waals surface area contributed by atoms with Gasteiger partial charge in [-0.05, 0) is 0 Å². The first-order chi connectivity index (χ1) is 10.0. The topological polar surface area (TPSA) is 0 Å². The summed E-state index contributed by atoms with van der Waals surface area (Å²) in [6, 6.07) is 14.7. The molecular weight excluding hydrogens is 402 g/mol. The van der Waals surface area contributed by atoms with Gasteiger partial charge in [0, 0.05) is 0 Å². The Balaban J connectivity index is 0. The van der Waals surface area contributed by atoms with Crippen LogP contribution in [0.3, 0.4) is 0 Å². The fourth-order valence-electron chi connectivity index (χ4n) is 2.23. The Kier molecular flexibility index (Phi) is 14.1. The van der Waals surface area contributed by atoms with Crippen LogP contribution in [0.5, 0.6) is 0 Å². The number of rotatable bonds is 0. The molecule has 1 atom stereocenters. The zero-order chi connectivity index (χ0) is 15.8. The van der Waals surface area contributed by atoms with E-state index in [1.54, 1.807) is 0 Å². The number of halogens is 2. The van der Waals surface area contributed by atoms with Crippen LogP contribution in [-0.4, -0.2) is 3.71 Å². The molecule has 0 radical (unpaired) electrons. The van der Waals surface area contributed by atoms with Gasteiger partial charge in [0.05, 0.1) is 0 Å². The molecule has 0 N–H and O–H groups in total. The fourth-order valence-corrected chi connectivity index (χ4v) is 2.23. The second kappa shape index (κ2) is 13.0. The van der Waals surface area contributed by atoms with E-state index in [1.165, 1.54) is 51.7 Å². The first kappa shape index (κ1) is 24.9. The predicted octanol–water partition coefficient (Wildman–Crippen LogP) is 6.48. The Morgan fingerprint density at radius 2 is 1.65 bits per heavy atom. The van der Waals surface area contributed by atoms with Crippen LogP contribution in [0, 0.1) is 12.0 Å². The van der Waals surface area contributed by atoms with E-state index in [0.717, 1.165) is 0 Å². The van der Waals surface area contributed by atoms with E-state index in [9.17, 15) is 0 Å². The number of fused-ring (bicyclic) bond motifs is 1. The molecule has 2 aromatic carbocycles. The smallest absolute Gasteiger partial charge is 0.0809 e. The van der Waals surface area contributed by atoms with E-state index < -0.39 is 0 Å². The van der Waals surface area contributed by atoms with Gasteiger partial charge in [0.1, 0.15) is 0 Å². The van der Waals surface area contributed by atoms with Crippen LogP contribution >= 0.6 is 24.8 Å². The summed E-state index contributed by atoms with van der Waals surface area (Å²) in [4.78, 5) is 0. The Morgan fingerprint density at radius 3 is 2.04 bits per heavy atom. The Bertz CT molecular complexity index is 620. The molecule has 2 aromatic rings. The number of hydrogen-bond acceptors (Lipinski definition) is 0. The molecule has 0 heterocycles. The quantitative estimate of drug-likeness (QED) is 0.421. The predicted molar refractivity (Wildman–Crippen MR) is 106 cm³/mol. The van der Waals surface area contributed by atoms with Crippen molar-refractivity contribution >= 4 is 39.3 Å². The summed E-state index contributed by atoms with van der Waals surface area (Å²) in [6.45, 7) is 10.7. The van der Waals surface area contributed by atoms with Crippen LogP contribution in [-0.2, 0) is 24.2 Å². The summed E-state index contributed by atoms with van der Waals surface area (Å²) in [6.07, 6.45) is 3.36. The SMILES string of the molecule is CC1=[C-]C(C)C(C)=C1C.C[CH]=[Zr+2].Cl.Cl.c1ccc2[cH-]ccc2c1. The van der Waals surface area contributed by atoms with Crippen molar-refractivity contribution in [2.45, 2.75) is 34.6 Å². The molecule has 0 fully saturated rings. The minimum absolute atomic E-state index is 0. The molecule has 3 rings (SSSR count). The van der Waals surface area contributed by atoms with Gasteiger partial charge in [-0.25, -0.2) is 5.57 Å². The molecule has 0 aliphatic heterocycles. The van der Waals surface area contributed by atoms with Crippen molar-refractivity contribution < 1.29 is 24.2 Å². The molecule has 0 bridgehead atoms. The van der Waals surface area contributed by atoms with Crippen molar-refractivity contribution in [2.24, 2.45) is 5.92 Å². The molecule has 0 saturated carbocycles. The van der Waals surface area contributed by atoms with Crippen molar-refractivity contribution in [2.75, 3.05) is 0 Å². The van der Waals surface area contributed by atoms with Gasteiger partial charge in [-0.2, -0.15) is 28.7 Å². The Morgan fingerprint density at radius 1 is 1.09 bits per heavy atom. The van der Waals surface area contributed by atoms with Gasteiger partial charge in [-0.1, -0.05) is 32.8 Å². The zero-order valence-electron chi connectivity index (χ0n) is 14.5. The molecule has 1 aliphatic carbocycles. The van der Waals surface area contributed by atoms with E-state index in [4.69, 9.17) is 0 Å². The van der Waals surface area contributed by atoms with Gasteiger partial charge in [0.25, 0.3) is 0 Å². The van der Waals surface area contributed by atoms with Crippen molar-refractivity contribution in [3.05, 3.63) is 65.3 Å². The van der Waals surface area contributed by atoms with Crippen molar-refractivity contribution in [1.82, 2.24) is 0 Å². The molecule has 0 spiro atoms. The molecular formula is C20H26Cl2Zr. The van der Waals surface area contributed by atoms with E-state index in [-0.39, 0.29) is 24.8 Å². The molecule has 124 valence electrons. The van der Waals surface area contributed by atoms with Gasteiger partial charge in [0.2, 0.25) is 0 Å². The average molecular weight is 429 g/mol. The molecule has 0 aromatic heterocycles. The van der Waals surface area contributed by atoms with E-state index in [2.05, 4.69) is 79.9 Å². The van der Waals surface area contributed by atoms with Crippen LogP contribution in [0.4, 0.5) is 0 Å². The van der Waals surface area contributed by atoms with Crippen LogP contribution < -0.4 is 0 Å². The fraction of sp³-hybridized carbons (Fsp3) is 0.300. The second-order valence-electron chi connectivity index (χ2n) is 5.24. The normalized spacial score (nSPS) is 15.3. The third-order valence-electron chi connectivity index (χ3n) is 3.78. The summed E-state index contributed by atoms with van der Waals surface area (Å²) in [5.74, 6) is 0.560. The summed E-state index contributed by atoms with van der Waals surface area (Å²) < 4.78 is 2.09. The van der Waals surface area contributed by atoms with Crippen LogP contribution in [0.1, 0.15) is 34.6 Å². The summed E-state index contributed by atoms with van der Waals surface area (Å²) in [5, 5.41) is 2.66. The van der Waals surface area contributed by atoms with Gasteiger partial charge < -0.3 is 0 Å². The third kappa shape index (κ3) is 7.84. The molecule has 1 aliphatic rings. The van der Waals surface area contributed by atoms with E-state index in [0.29, 0.717) is 5.92 Å². The van der Waals surface area contributed by atoms with E-state index in [1.807, 2.05) is 6.92 Å². The molecule has 1 unspecified atom stereocenters. The molecule has 0 saturated heterocycles. The van der Waals surface area contributed by atoms with Gasteiger partial charge in [-0.3, -0.25) is 6.08 Å². The van der Waals surface area contributed by atoms with E-state index >= 15 is 0 Å². The molecule has 0 amide bonds. The van der Waals surface area contributed by atoms with Crippen LogP contribution in [0.25, 0.3) is 10.8 Å². The summed E-state index contributed by atoms with van der Waals surface area (Å²) in [5.41, 5.74) is 4.25. The summed E-state index contributed by atoms with van der Waals surface area (Å²) in [7, 11) is 0. The van der Waals surface area contributed by atoms with Crippen molar-refractivity contribution in [3.8, 4) is 0 Å². The number of hydrogen-bond donors (Lipinski definition) is 0. The first-order valence-electron chi connectivity index (χ1n) is 7.34. The Labute approximate surface area is 168 Å². The maximum atomic E-state index is 3.36. The Hall–Kier alpha value is -0.357. The van der Waals surface area contributed by atoms with Gasteiger partial charge in [-0.15, -0.1) is 61.4 Å². The van der Waals surface area contributed by atoms with Gasteiger partial charge in [0.15, 0.2) is 0 Å². The first-order valence-corrected chi connectivity index (χ1v) is 8.76. The zero-order valence-corrected chi connectivity index (χ0v) is 18.6. The molecule has 3 heteroatoms. The number of allylic oxidation sites excluding steroid dienone is 4. The third-order valence-corrected chi connectivity index (χ3v) is 3.78. The monoisotopic (exact) mass is 426 g/mol. The van der Waals surface area contributed by atoms with Crippen LogP contribution in [0.2, 0.25) is 0 Å².